The van der Waals surface area contributed by atoms with Crippen LogP contribution in [0, 0.1) is 5.92 Å². The van der Waals surface area contributed by atoms with E-state index in [9.17, 15) is 13.2 Å². The minimum atomic E-state index is -4.09. The van der Waals surface area contributed by atoms with E-state index in [0.29, 0.717) is 30.5 Å². The first-order valence-corrected chi connectivity index (χ1v) is 6.88. The maximum absolute atomic E-state index is 12.4. The summed E-state index contributed by atoms with van der Waals surface area (Å²) in [7, 11) is 1.56. The first-order chi connectivity index (χ1) is 8.98. The summed E-state index contributed by atoms with van der Waals surface area (Å²) in [5.41, 5.74) is 0. The molecule has 0 bridgehead atoms. The third kappa shape index (κ3) is 4.31. The van der Waals surface area contributed by atoms with Crippen LogP contribution in [0.25, 0.3) is 0 Å². The summed E-state index contributed by atoms with van der Waals surface area (Å²) in [6.07, 6.45) is -3.41. The second kappa shape index (κ2) is 6.04. The van der Waals surface area contributed by atoms with Gasteiger partial charge in [-0.25, -0.2) is 4.98 Å². The summed E-state index contributed by atoms with van der Waals surface area (Å²) in [5, 5.41) is 0.693. The number of piperidine rings is 1. The van der Waals surface area contributed by atoms with E-state index < -0.39 is 12.6 Å². The highest BCUT2D eigenvalue weighted by Crippen LogP contribution is 2.32. The van der Waals surface area contributed by atoms with E-state index in [1.54, 1.807) is 7.11 Å². The maximum Gasteiger partial charge on any atom is 0.389 e. The standard InChI is InChI=1S/C11H16F3N3OS/c1-18-7-9-15-10(19-16-9)17-4-2-3-8(6-17)5-11(12,13)14/h8H,2-7H2,1H3/t8-/m1/s1. The smallest absolute Gasteiger partial charge is 0.377 e. The third-order valence-electron chi connectivity index (χ3n) is 3.04. The summed E-state index contributed by atoms with van der Waals surface area (Å²) in [4.78, 5) is 6.18. The number of anilines is 1. The number of ether oxygens (including phenoxy) is 1. The molecule has 1 fully saturated rings. The zero-order valence-corrected chi connectivity index (χ0v) is 11.4. The van der Waals surface area contributed by atoms with Crippen LogP contribution >= 0.6 is 11.5 Å². The summed E-state index contributed by atoms with van der Waals surface area (Å²) in [5.74, 6) is 0.240. The average Bonchev–Trinajstić information content (AvgIpc) is 2.76. The Kier molecular flexibility index (Phi) is 4.62. The molecule has 1 aliphatic heterocycles. The number of rotatable bonds is 4. The van der Waals surface area contributed by atoms with Gasteiger partial charge >= 0.3 is 6.18 Å². The summed E-state index contributed by atoms with van der Waals surface area (Å²) in [6, 6.07) is 0. The van der Waals surface area contributed by atoms with E-state index >= 15 is 0 Å². The van der Waals surface area contributed by atoms with Gasteiger partial charge in [-0.15, -0.1) is 0 Å². The largest absolute Gasteiger partial charge is 0.389 e. The predicted octanol–water partition coefficient (Wildman–Crippen LogP) is 2.85. The third-order valence-corrected chi connectivity index (χ3v) is 3.86. The molecule has 0 saturated carbocycles. The van der Waals surface area contributed by atoms with Crippen molar-refractivity contribution in [3.8, 4) is 0 Å². The molecule has 1 atom stereocenters. The van der Waals surface area contributed by atoms with Crippen molar-refractivity contribution in [1.82, 2.24) is 9.36 Å². The second-order valence-electron chi connectivity index (χ2n) is 4.70. The molecule has 4 nitrogen and oxygen atoms in total. The molecule has 1 aliphatic rings. The lowest BCUT2D eigenvalue weighted by Gasteiger charge is -2.32. The molecule has 108 valence electrons. The Morgan fingerprint density at radius 2 is 2.26 bits per heavy atom. The molecule has 0 radical (unpaired) electrons. The molecule has 1 aromatic heterocycles. The van der Waals surface area contributed by atoms with Crippen molar-refractivity contribution in [2.45, 2.75) is 32.0 Å². The molecule has 0 unspecified atom stereocenters. The fraction of sp³-hybridized carbons (Fsp3) is 0.818. The number of hydrogen-bond acceptors (Lipinski definition) is 5. The zero-order chi connectivity index (χ0) is 13.9. The molecule has 0 spiro atoms. The van der Waals surface area contributed by atoms with Gasteiger partial charge in [-0.2, -0.15) is 17.5 Å². The number of aromatic nitrogens is 2. The van der Waals surface area contributed by atoms with Crippen LogP contribution in [-0.2, 0) is 11.3 Å². The molecule has 0 N–H and O–H groups in total. The van der Waals surface area contributed by atoms with E-state index in [2.05, 4.69) is 9.36 Å². The molecular weight excluding hydrogens is 279 g/mol. The van der Waals surface area contributed by atoms with E-state index in [1.807, 2.05) is 4.90 Å². The van der Waals surface area contributed by atoms with Crippen LogP contribution in [0.3, 0.4) is 0 Å². The minimum absolute atomic E-state index is 0.330. The van der Waals surface area contributed by atoms with Crippen molar-refractivity contribution in [2.24, 2.45) is 5.92 Å². The predicted molar refractivity (Wildman–Crippen MR) is 66.2 cm³/mol. The molecule has 2 heterocycles. The second-order valence-corrected chi connectivity index (χ2v) is 5.43. The highest BCUT2D eigenvalue weighted by Gasteiger charge is 2.34. The van der Waals surface area contributed by atoms with Crippen LogP contribution < -0.4 is 4.90 Å². The highest BCUT2D eigenvalue weighted by molar-refractivity contribution is 7.09. The monoisotopic (exact) mass is 295 g/mol. The summed E-state index contributed by atoms with van der Waals surface area (Å²) < 4.78 is 46.3. The average molecular weight is 295 g/mol. The highest BCUT2D eigenvalue weighted by atomic mass is 32.1. The van der Waals surface area contributed by atoms with Crippen LogP contribution in [0.5, 0.6) is 0 Å². The quantitative estimate of drug-likeness (QED) is 0.856. The van der Waals surface area contributed by atoms with Gasteiger partial charge in [0.05, 0.1) is 0 Å². The van der Waals surface area contributed by atoms with Crippen LogP contribution in [0.4, 0.5) is 18.3 Å². The van der Waals surface area contributed by atoms with Gasteiger partial charge in [0.25, 0.3) is 0 Å². The van der Waals surface area contributed by atoms with Crippen LogP contribution in [0.15, 0.2) is 0 Å². The van der Waals surface area contributed by atoms with Crippen LogP contribution in [0.1, 0.15) is 25.1 Å². The summed E-state index contributed by atoms with van der Waals surface area (Å²) in [6.45, 7) is 1.48. The molecule has 2 rings (SSSR count). The van der Waals surface area contributed by atoms with Crippen molar-refractivity contribution in [2.75, 3.05) is 25.1 Å². The fourth-order valence-corrected chi connectivity index (χ4v) is 3.00. The zero-order valence-electron chi connectivity index (χ0n) is 10.6. The number of nitrogens with zero attached hydrogens (tertiary/aromatic N) is 3. The molecule has 0 amide bonds. The van der Waals surface area contributed by atoms with Gasteiger partial charge in [0, 0.05) is 38.2 Å². The Morgan fingerprint density at radius 1 is 1.47 bits per heavy atom. The van der Waals surface area contributed by atoms with Gasteiger partial charge in [-0.1, -0.05) is 0 Å². The number of hydrogen-bond donors (Lipinski definition) is 0. The van der Waals surface area contributed by atoms with Crippen LogP contribution in [0.2, 0.25) is 0 Å². The number of halogens is 3. The van der Waals surface area contributed by atoms with E-state index in [0.717, 1.165) is 13.0 Å². The SMILES string of the molecule is COCc1nsc(N2CCC[C@H](CC(F)(F)F)C2)n1. The first kappa shape index (κ1) is 14.5. The summed E-state index contributed by atoms with van der Waals surface area (Å²) >= 11 is 1.22. The molecule has 0 aliphatic carbocycles. The van der Waals surface area contributed by atoms with Gasteiger partial charge in [-0.05, 0) is 18.8 Å². The Bertz CT molecular complexity index is 410. The van der Waals surface area contributed by atoms with Gasteiger partial charge in [0.2, 0.25) is 5.13 Å². The number of alkyl halides is 3. The molecule has 19 heavy (non-hydrogen) atoms. The lowest BCUT2D eigenvalue weighted by molar-refractivity contribution is -0.144. The number of methoxy groups -OCH3 is 1. The lowest BCUT2D eigenvalue weighted by Crippen LogP contribution is -2.37. The molecule has 1 saturated heterocycles. The normalized spacial score (nSPS) is 20.8. The molecule has 1 aromatic rings. The van der Waals surface area contributed by atoms with Gasteiger partial charge in [-0.3, -0.25) is 0 Å². The van der Waals surface area contributed by atoms with Crippen molar-refractivity contribution in [1.29, 1.82) is 0 Å². The first-order valence-electron chi connectivity index (χ1n) is 6.11. The van der Waals surface area contributed by atoms with Crippen molar-refractivity contribution >= 4 is 16.7 Å². The van der Waals surface area contributed by atoms with Gasteiger partial charge in [0.1, 0.15) is 6.61 Å². The Hall–Kier alpha value is -0.890. The molecule has 8 heteroatoms. The Labute approximate surface area is 113 Å². The van der Waals surface area contributed by atoms with Gasteiger partial charge in [0.15, 0.2) is 5.82 Å². The van der Waals surface area contributed by atoms with E-state index in [4.69, 9.17) is 4.74 Å². The van der Waals surface area contributed by atoms with Crippen LogP contribution in [-0.4, -0.2) is 35.7 Å². The van der Waals surface area contributed by atoms with Gasteiger partial charge < -0.3 is 9.64 Å². The molecule has 0 aromatic carbocycles. The van der Waals surface area contributed by atoms with Crippen molar-refractivity contribution in [3.05, 3.63) is 5.82 Å². The maximum atomic E-state index is 12.4. The van der Waals surface area contributed by atoms with Crippen molar-refractivity contribution < 1.29 is 17.9 Å². The fourth-order valence-electron chi connectivity index (χ4n) is 2.29. The van der Waals surface area contributed by atoms with E-state index in [-0.39, 0.29) is 5.92 Å². The molecular formula is C11H16F3N3OS. The lowest BCUT2D eigenvalue weighted by atomic mass is 9.95. The minimum Gasteiger partial charge on any atom is -0.377 e. The van der Waals surface area contributed by atoms with E-state index in [1.165, 1.54) is 11.5 Å². The Morgan fingerprint density at radius 3 is 2.95 bits per heavy atom. The Balaban J connectivity index is 1.96. The van der Waals surface area contributed by atoms with Crippen molar-refractivity contribution in [3.63, 3.8) is 0 Å². The topological polar surface area (TPSA) is 38.2 Å².